The van der Waals surface area contributed by atoms with Crippen LogP contribution in [0, 0.1) is 0 Å². The number of hydrogen-bond acceptors (Lipinski definition) is 5. The monoisotopic (exact) mass is 340 g/mol. The normalized spacial score (nSPS) is 10.8. The van der Waals surface area contributed by atoms with Gasteiger partial charge >= 0.3 is 0 Å². The molecule has 0 bridgehead atoms. The van der Waals surface area contributed by atoms with Crippen molar-refractivity contribution in [3.05, 3.63) is 45.5 Å². The van der Waals surface area contributed by atoms with Gasteiger partial charge in [0.2, 0.25) is 5.82 Å². The van der Waals surface area contributed by atoms with Crippen LogP contribution in [0.3, 0.4) is 0 Å². The van der Waals surface area contributed by atoms with E-state index in [-0.39, 0.29) is 11.7 Å². The summed E-state index contributed by atoms with van der Waals surface area (Å²) in [5, 5.41) is 5.01. The molecule has 0 aliphatic heterocycles. The first-order chi connectivity index (χ1) is 10.1. The second-order valence-electron chi connectivity index (χ2n) is 4.11. The van der Waals surface area contributed by atoms with Crippen LogP contribution in [0.1, 0.15) is 0 Å². The molecule has 106 valence electrons. The van der Waals surface area contributed by atoms with Crippen molar-refractivity contribution >= 4 is 40.5 Å². The number of nitrogens with two attached hydrogens (primary N) is 1. The zero-order valence-electron chi connectivity index (χ0n) is 10.3. The number of aromatic nitrogens is 3. The second-order valence-corrected chi connectivity index (χ2v) is 5.36. The molecule has 2 aromatic heterocycles. The van der Waals surface area contributed by atoms with Crippen LogP contribution in [0.15, 0.2) is 35.0 Å². The molecule has 0 fully saturated rings. The Balaban J connectivity index is 2.06. The number of hydrogen-bond donors (Lipinski definition) is 1. The lowest BCUT2D eigenvalue weighted by atomic mass is 10.2. The van der Waals surface area contributed by atoms with Crippen LogP contribution in [0.5, 0.6) is 0 Å². The maximum atomic E-state index is 6.06. The van der Waals surface area contributed by atoms with E-state index in [9.17, 15) is 0 Å². The van der Waals surface area contributed by atoms with Gasteiger partial charge in [-0.15, -0.1) is 0 Å². The Morgan fingerprint density at radius 3 is 2.67 bits per heavy atom. The summed E-state index contributed by atoms with van der Waals surface area (Å²) < 4.78 is 5.19. The van der Waals surface area contributed by atoms with Gasteiger partial charge in [-0.1, -0.05) is 46.0 Å². The van der Waals surface area contributed by atoms with Crippen LogP contribution in [0.2, 0.25) is 15.1 Å². The van der Waals surface area contributed by atoms with E-state index >= 15 is 0 Å². The van der Waals surface area contributed by atoms with Crippen LogP contribution in [0.25, 0.3) is 23.0 Å². The first-order valence-corrected chi connectivity index (χ1v) is 6.89. The number of halogens is 3. The van der Waals surface area contributed by atoms with Crippen molar-refractivity contribution in [2.75, 3.05) is 5.73 Å². The lowest BCUT2D eigenvalue weighted by molar-refractivity contribution is 0.432. The first kappa shape index (κ1) is 14.1. The third-order valence-electron chi connectivity index (χ3n) is 2.73. The summed E-state index contributed by atoms with van der Waals surface area (Å²) in [7, 11) is 0. The van der Waals surface area contributed by atoms with Gasteiger partial charge in [0.1, 0.15) is 5.69 Å². The number of pyridine rings is 1. The largest absolute Gasteiger partial charge is 0.397 e. The van der Waals surface area contributed by atoms with E-state index in [0.717, 1.165) is 0 Å². The number of rotatable bonds is 2. The van der Waals surface area contributed by atoms with Crippen molar-refractivity contribution in [2.24, 2.45) is 0 Å². The molecule has 8 heteroatoms. The highest BCUT2D eigenvalue weighted by molar-refractivity contribution is 6.36. The van der Waals surface area contributed by atoms with Gasteiger partial charge in [-0.05, 0) is 18.2 Å². The van der Waals surface area contributed by atoms with Crippen LogP contribution < -0.4 is 5.73 Å². The Kier molecular flexibility index (Phi) is 3.71. The number of para-hydroxylation sites is 1. The molecular weight excluding hydrogens is 335 g/mol. The van der Waals surface area contributed by atoms with Gasteiger partial charge < -0.3 is 10.3 Å². The van der Waals surface area contributed by atoms with E-state index in [4.69, 9.17) is 45.1 Å². The molecule has 0 spiro atoms. The summed E-state index contributed by atoms with van der Waals surface area (Å²) >= 11 is 17.8. The number of benzene rings is 1. The van der Waals surface area contributed by atoms with Gasteiger partial charge in [0.15, 0.2) is 0 Å². The minimum atomic E-state index is 0.234. The van der Waals surface area contributed by atoms with E-state index in [0.29, 0.717) is 32.0 Å². The van der Waals surface area contributed by atoms with Crippen molar-refractivity contribution in [1.82, 2.24) is 15.1 Å². The van der Waals surface area contributed by atoms with Gasteiger partial charge in [0, 0.05) is 6.20 Å². The van der Waals surface area contributed by atoms with E-state index < -0.39 is 0 Å². The molecule has 3 aromatic rings. The SMILES string of the molecule is Nc1c(Cl)cccc1-c1nc(-c2ncc(Cl)cc2Cl)no1. The van der Waals surface area contributed by atoms with Gasteiger partial charge in [-0.3, -0.25) is 0 Å². The molecule has 3 rings (SSSR count). The van der Waals surface area contributed by atoms with Crippen LogP contribution >= 0.6 is 34.8 Å². The summed E-state index contributed by atoms with van der Waals surface area (Å²) in [4.78, 5) is 8.33. The number of nitrogens with zero attached hydrogens (tertiary/aromatic N) is 3. The predicted molar refractivity (Wildman–Crippen MR) is 82.4 cm³/mol. The Hall–Kier alpha value is -1.82. The predicted octanol–water partition coefficient (Wildman–Crippen LogP) is 4.34. The average molecular weight is 342 g/mol. The zero-order valence-corrected chi connectivity index (χ0v) is 12.6. The minimum Gasteiger partial charge on any atom is -0.397 e. The van der Waals surface area contributed by atoms with E-state index in [1.807, 2.05) is 0 Å². The molecular formula is C13H7Cl3N4O. The van der Waals surface area contributed by atoms with Crippen molar-refractivity contribution in [3.8, 4) is 23.0 Å². The molecule has 0 atom stereocenters. The molecule has 0 aliphatic carbocycles. The number of anilines is 1. The average Bonchev–Trinajstić information content (AvgIpc) is 2.91. The maximum absolute atomic E-state index is 6.06. The van der Waals surface area contributed by atoms with E-state index in [2.05, 4.69) is 15.1 Å². The summed E-state index contributed by atoms with van der Waals surface area (Å²) in [5.41, 5.74) is 7.18. The standard InChI is InChI=1S/C13H7Cl3N4O/c14-6-4-9(16)11(18-5-6)12-19-13(21-20-12)7-2-1-3-8(15)10(7)17/h1-5H,17H2. The second kappa shape index (κ2) is 5.52. The Morgan fingerprint density at radius 2 is 1.90 bits per heavy atom. The molecule has 2 heterocycles. The molecule has 2 N–H and O–H groups in total. The van der Waals surface area contributed by atoms with Gasteiger partial charge in [0.25, 0.3) is 5.89 Å². The van der Waals surface area contributed by atoms with Crippen LogP contribution in [-0.2, 0) is 0 Å². The zero-order chi connectivity index (χ0) is 15.0. The third-order valence-corrected chi connectivity index (χ3v) is 3.55. The summed E-state index contributed by atoms with van der Waals surface area (Å²) in [6.45, 7) is 0. The molecule has 0 unspecified atom stereocenters. The minimum absolute atomic E-state index is 0.234. The van der Waals surface area contributed by atoms with Gasteiger partial charge in [-0.2, -0.15) is 4.98 Å². The first-order valence-electron chi connectivity index (χ1n) is 5.75. The smallest absolute Gasteiger partial charge is 0.260 e. The molecule has 21 heavy (non-hydrogen) atoms. The summed E-state index contributed by atoms with van der Waals surface area (Å²) in [5.74, 6) is 0.476. The summed E-state index contributed by atoms with van der Waals surface area (Å²) in [6.07, 6.45) is 1.45. The molecule has 0 amide bonds. The molecule has 0 saturated carbocycles. The fourth-order valence-electron chi connectivity index (χ4n) is 1.73. The van der Waals surface area contributed by atoms with Gasteiger partial charge in [-0.25, -0.2) is 4.98 Å². The topological polar surface area (TPSA) is 77.8 Å². The third kappa shape index (κ3) is 2.68. The Labute approximate surface area is 134 Å². The fraction of sp³-hybridized carbons (Fsp3) is 0. The number of nitrogen functional groups attached to an aromatic ring is 1. The fourth-order valence-corrected chi connectivity index (χ4v) is 2.37. The Bertz CT molecular complexity index is 819. The molecule has 0 aliphatic rings. The lowest BCUT2D eigenvalue weighted by Gasteiger charge is -2.01. The summed E-state index contributed by atoms with van der Waals surface area (Å²) in [6, 6.07) is 6.70. The molecule has 5 nitrogen and oxygen atoms in total. The van der Waals surface area contributed by atoms with E-state index in [1.165, 1.54) is 6.20 Å². The highest BCUT2D eigenvalue weighted by Gasteiger charge is 2.17. The highest BCUT2D eigenvalue weighted by atomic mass is 35.5. The van der Waals surface area contributed by atoms with Crippen LogP contribution in [0.4, 0.5) is 5.69 Å². The van der Waals surface area contributed by atoms with Crippen molar-refractivity contribution < 1.29 is 4.52 Å². The van der Waals surface area contributed by atoms with Crippen molar-refractivity contribution in [1.29, 1.82) is 0 Å². The van der Waals surface area contributed by atoms with E-state index in [1.54, 1.807) is 24.3 Å². The van der Waals surface area contributed by atoms with Crippen molar-refractivity contribution in [2.45, 2.75) is 0 Å². The van der Waals surface area contributed by atoms with Crippen LogP contribution in [-0.4, -0.2) is 15.1 Å². The maximum Gasteiger partial charge on any atom is 0.260 e. The Morgan fingerprint density at radius 1 is 1.10 bits per heavy atom. The quantitative estimate of drug-likeness (QED) is 0.701. The molecule has 0 saturated heterocycles. The van der Waals surface area contributed by atoms with Crippen molar-refractivity contribution in [3.63, 3.8) is 0 Å². The lowest BCUT2D eigenvalue weighted by Crippen LogP contribution is -1.91. The van der Waals surface area contributed by atoms with Gasteiger partial charge in [0.05, 0.1) is 26.3 Å². The molecule has 0 radical (unpaired) electrons. The molecule has 1 aromatic carbocycles. The highest BCUT2D eigenvalue weighted by Crippen LogP contribution is 2.32.